The first-order valence-electron chi connectivity index (χ1n) is 11.2. The number of carbonyl (C=O) groups is 1. The number of carbonyl (C=O) groups excluding carboxylic acids is 1. The molecule has 5 nitrogen and oxygen atoms in total. The molecule has 1 N–H and O–H groups in total. The second-order valence-electron chi connectivity index (χ2n) is 8.17. The van der Waals surface area contributed by atoms with E-state index in [4.69, 9.17) is 4.98 Å². The molecule has 174 valence electrons. The molecule has 0 atom stereocenters. The Morgan fingerprint density at radius 1 is 0.943 bits per heavy atom. The van der Waals surface area contributed by atoms with Crippen LogP contribution in [0.4, 0.5) is 5.69 Å². The minimum absolute atomic E-state index is 0.134. The van der Waals surface area contributed by atoms with Gasteiger partial charge in [0.1, 0.15) is 4.83 Å². The van der Waals surface area contributed by atoms with E-state index in [1.807, 2.05) is 98.1 Å². The van der Waals surface area contributed by atoms with Gasteiger partial charge < -0.3 is 5.32 Å². The highest BCUT2D eigenvalue weighted by Gasteiger charge is 2.19. The summed E-state index contributed by atoms with van der Waals surface area (Å²) in [7, 11) is 0. The molecule has 0 saturated heterocycles. The molecule has 0 spiro atoms. The summed E-state index contributed by atoms with van der Waals surface area (Å²) < 4.78 is 1.61. The number of amides is 1. The Morgan fingerprint density at radius 3 is 2.29 bits per heavy atom. The van der Waals surface area contributed by atoms with Crippen LogP contribution in [-0.4, -0.2) is 21.2 Å². The number of rotatable bonds is 6. The van der Waals surface area contributed by atoms with E-state index >= 15 is 0 Å². The first-order valence-corrected chi connectivity index (χ1v) is 13.0. The molecule has 5 rings (SSSR count). The molecule has 0 unspecified atom stereocenters. The molecule has 0 saturated carbocycles. The molecule has 1 amide bonds. The topological polar surface area (TPSA) is 64.0 Å². The van der Waals surface area contributed by atoms with Crippen LogP contribution in [-0.2, 0) is 4.79 Å². The summed E-state index contributed by atoms with van der Waals surface area (Å²) in [5.74, 6) is -0.00680. The van der Waals surface area contributed by atoms with Crippen LogP contribution in [0.15, 0.2) is 94.2 Å². The van der Waals surface area contributed by atoms with Gasteiger partial charge in [0, 0.05) is 16.6 Å². The van der Waals surface area contributed by atoms with Crippen LogP contribution in [0.5, 0.6) is 0 Å². The minimum Gasteiger partial charge on any atom is -0.325 e. The van der Waals surface area contributed by atoms with Gasteiger partial charge in [0.25, 0.3) is 5.56 Å². The molecule has 0 fully saturated rings. The average molecular weight is 498 g/mol. The predicted molar refractivity (Wildman–Crippen MR) is 146 cm³/mol. The number of anilines is 1. The van der Waals surface area contributed by atoms with Crippen LogP contribution in [0.1, 0.15) is 11.1 Å². The van der Waals surface area contributed by atoms with Gasteiger partial charge in [0.15, 0.2) is 5.16 Å². The molecule has 35 heavy (non-hydrogen) atoms. The van der Waals surface area contributed by atoms with E-state index < -0.39 is 0 Å². The maximum atomic E-state index is 13.8. The fourth-order valence-electron chi connectivity index (χ4n) is 4.02. The van der Waals surface area contributed by atoms with Gasteiger partial charge >= 0.3 is 0 Å². The van der Waals surface area contributed by atoms with Crippen molar-refractivity contribution in [2.45, 2.75) is 19.0 Å². The second-order valence-corrected chi connectivity index (χ2v) is 9.97. The first-order chi connectivity index (χ1) is 17.0. The van der Waals surface area contributed by atoms with Crippen LogP contribution < -0.4 is 10.9 Å². The molecule has 2 aromatic heterocycles. The molecule has 7 heteroatoms. The number of hydrogen-bond acceptors (Lipinski definition) is 5. The van der Waals surface area contributed by atoms with Gasteiger partial charge in [-0.15, -0.1) is 11.3 Å². The lowest BCUT2D eigenvalue weighted by molar-refractivity contribution is -0.113. The van der Waals surface area contributed by atoms with Crippen molar-refractivity contribution in [1.82, 2.24) is 9.55 Å². The van der Waals surface area contributed by atoms with Gasteiger partial charge in [-0.3, -0.25) is 14.2 Å². The van der Waals surface area contributed by atoms with Gasteiger partial charge in [-0.2, -0.15) is 0 Å². The van der Waals surface area contributed by atoms with Crippen LogP contribution in [0.3, 0.4) is 0 Å². The summed E-state index contributed by atoms with van der Waals surface area (Å²) in [6.45, 7) is 3.94. The molecule has 3 aromatic carbocycles. The third kappa shape index (κ3) is 4.65. The van der Waals surface area contributed by atoms with Crippen molar-refractivity contribution >= 4 is 44.9 Å². The van der Waals surface area contributed by atoms with E-state index in [1.54, 1.807) is 4.57 Å². The Labute approximate surface area is 211 Å². The van der Waals surface area contributed by atoms with Crippen molar-refractivity contribution in [3.05, 3.63) is 106 Å². The highest BCUT2D eigenvalue weighted by Crippen LogP contribution is 2.33. The van der Waals surface area contributed by atoms with Crippen molar-refractivity contribution in [1.29, 1.82) is 0 Å². The van der Waals surface area contributed by atoms with E-state index in [2.05, 4.69) is 5.32 Å². The lowest BCUT2D eigenvalue weighted by Crippen LogP contribution is -2.23. The zero-order chi connectivity index (χ0) is 24.4. The maximum absolute atomic E-state index is 13.8. The molecule has 0 radical (unpaired) electrons. The van der Waals surface area contributed by atoms with Crippen molar-refractivity contribution in [3.63, 3.8) is 0 Å². The lowest BCUT2D eigenvalue weighted by Gasteiger charge is -2.14. The zero-order valence-corrected chi connectivity index (χ0v) is 21.0. The van der Waals surface area contributed by atoms with Crippen molar-refractivity contribution in [2.75, 3.05) is 11.1 Å². The van der Waals surface area contributed by atoms with E-state index in [-0.39, 0.29) is 17.2 Å². The summed E-state index contributed by atoms with van der Waals surface area (Å²) in [6, 6.07) is 25.2. The molecule has 0 aliphatic carbocycles. The van der Waals surface area contributed by atoms with E-state index in [0.29, 0.717) is 15.4 Å². The maximum Gasteiger partial charge on any atom is 0.268 e. The lowest BCUT2D eigenvalue weighted by atomic mass is 10.1. The van der Waals surface area contributed by atoms with Crippen molar-refractivity contribution in [2.24, 2.45) is 0 Å². The number of hydrogen-bond donors (Lipinski definition) is 1. The first kappa shape index (κ1) is 23.1. The van der Waals surface area contributed by atoms with Crippen molar-refractivity contribution < 1.29 is 4.79 Å². The summed E-state index contributed by atoms with van der Waals surface area (Å²) in [6.07, 6.45) is 0. The van der Waals surface area contributed by atoms with E-state index in [0.717, 1.165) is 33.6 Å². The van der Waals surface area contributed by atoms with Crippen LogP contribution >= 0.6 is 23.1 Å². The normalized spacial score (nSPS) is 11.0. The Hall–Kier alpha value is -3.68. The number of aryl methyl sites for hydroxylation is 2. The quantitative estimate of drug-likeness (QED) is 0.216. The highest BCUT2D eigenvalue weighted by molar-refractivity contribution is 7.99. The van der Waals surface area contributed by atoms with Crippen molar-refractivity contribution in [3.8, 4) is 16.8 Å². The van der Waals surface area contributed by atoms with Crippen LogP contribution in [0, 0.1) is 13.8 Å². The Kier molecular flexibility index (Phi) is 6.53. The second kappa shape index (κ2) is 9.90. The smallest absolute Gasteiger partial charge is 0.268 e. The number of nitrogens with zero attached hydrogens (tertiary/aromatic N) is 2. The standard InChI is InChI=1S/C28H23N3O2S2/c1-18-10-9-11-19(2)25(18)29-23(32)17-35-28-30-26-24(22(16-34-26)20-12-5-3-6-13-20)27(33)31(28)21-14-7-4-8-15-21/h3-16H,17H2,1-2H3,(H,29,32). The predicted octanol–water partition coefficient (Wildman–Crippen LogP) is 6.46. The fraction of sp³-hybridized carbons (Fsp3) is 0.107. The average Bonchev–Trinajstić information content (AvgIpc) is 3.31. The van der Waals surface area contributed by atoms with Crippen LogP contribution in [0.2, 0.25) is 0 Å². The molecule has 5 aromatic rings. The molecule has 0 aliphatic heterocycles. The monoisotopic (exact) mass is 497 g/mol. The van der Waals surface area contributed by atoms with Gasteiger partial charge in [-0.1, -0.05) is 78.5 Å². The van der Waals surface area contributed by atoms with E-state index in [1.165, 1.54) is 23.1 Å². The number of nitrogens with one attached hydrogen (secondary N) is 1. The fourth-order valence-corrected chi connectivity index (χ4v) is 5.82. The number of fused-ring (bicyclic) bond motifs is 1. The zero-order valence-electron chi connectivity index (χ0n) is 19.3. The van der Waals surface area contributed by atoms with Gasteiger partial charge in [0.05, 0.1) is 16.8 Å². The Balaban J connectivity index is 1.54. The summed E-state index contributed by atoms with van der Waals surface area (Å²) in [4.78, 5) is 32.2. The minimum atomic E-state index is -0.141. The van der Waals surface area contributed by atoms with Gasteiger partial charge in [-0.25, -0.2) is 4.98 Å². The highest BCUT2D eigenvalue weighted by atomic mass is 32.2. The summed E-state index contributed by atoms with van der Waals surface area (Å²) in [5.41, 5.74) is 5.27. The molecule has 0 aliphatic rings. The number of thiophene rings is 1. The molecular weight excluding hydrogens is 474 g/mol. The summed E-state index contributed by atoms with van der Waals surface area (Å²) >= 11 is 2.70. The summed E-state index contributed by atoms with van der Waals surface area (Å²) in [5, 5.41) is 6.08. The van der Waals surface area contributed by atoms with Gasteiger partial charge in [0.2, 0.25) is 5.91 Å². The van der Waals surface area contributed by atoms with Gasteiger partial charge in [-0.05, 0) is 42.7 Å². The molecule has 0 bridgehead atoms. The third-order valence-corrected chi connectivity index (χ3v) is 7.56. The third-order valence-electron chi connectivity index (χ3n) is 5.75. The number of aromatic nitrogens is 2. The Morgan fingerprint density at radius 2 is 1.60 bits per heavy atom. The molecular formula is C28H23N3O2S2. The Bertz CT molecular complexity index is 1550. The number of thioether (sulfide) groups is 1. The SMILES string of the molecule is Cc1cccc(C)c1NC(=O)CSc1nc2scc(-c3ccccc3)c2c(=O)n1-c1ccccc1. The number of benzene rings is 3. The number of para-hydroxylation sites is 2. The molecule has 2 heterocycles. The largest absolute Gasteiger partial charge is 0.325 e. The van der Waals surface area contributed by atoms with E-state index in [9.17, 15) is 9.59 Å². The van der Waals surface area contributed by atoms with Crippen LogP contribution in [0.25, 0.3) is 27.0 Å².